The zero-order valence-corrected chi connectivity index (χ0v) is 28.3. The Morgan fingerprint density at radius 2 is 0.913 bits per heavy atom. The van der Waals surface area contributed by atoms with Crippen LogP contribution in [0.4, 0.5) is 11.6 Å². The molecule has 0 radical (unpaired) electrons. The van der Waals surface area contributed by atoms with Crippen LogP contribution in [0.3, 0.4) is 0 Å². The van der Waals surface area contributed by atoms with Gasteiger partial charge in [0.15, 0.2) is 0 Å². The van der Waals surface area contributed by atoms with Gasteiger partial charge in [-0.3, -0.25) is 14.9 Å². The van der Waals surface area contributed by atoms with Gasteiger partial charge in [-0.15, -0.1) is 0 Å². The molecule has 1 unspecified atom stereocenters. The van der Waals surface area contributed by atoms with Crippen LogP contribution in [-0.4, -0.2) is 43.9 Å². The van der Waals surface area contributed by atoms with Crippen molar-refractivity contribution in [3.05, 3.63) is 85.2 Å². The summed E-state index contributed by atoms with van der Waals surface area (Å²) < 4.78 is 0. The van der Waals surface area contributed by atoms with Gasteiger partial charge in [-0.05, 0) is 119 Å². The molecule has 0 bridgehead atoms. The molecule has 234 valence electrons. The summed E-state index contributed by atoms with van der Waals surface area (Å²) in [4.78, 5) is 24.1. The van der Waals surface area contributed by atoms with Crippen molar-refractivity contribution in [1.29, 1.82) is 0 Å². The lowest BCUT2D eigenvalue weighted by Crippen LogP contribution is -2.62. The molecule has 2 N–H and O–H groups in total. The number of nitrogens with two attached hydrogens (primary N) is 1. The zero-order valence-electron chi connectivity index (χ0n) is 28.3. The molecule has 2 aliphatic rings. The molecular weight excluding hydrogens is 566 g/mol. The molecule has 7 nitrogen and oxygen atoms in total. The smallest absolute Gasteiger partial charge is 0.135 e. The maximum Gasteiger partial charge on any atom is 0.135 e. The quantitative estimate of drug-likeness (QED) is 0.206. The van der Waals surface area contributed by atoms with Gasteiger partial charge in [0.25, 0.3) is 0 Å². The highest BCUT2D eigenvalue weighted by atomic mass is 15.4. The lowest BCUT2D eigenvalue weighted by atomic mass is 9.83. The van der Waals surface area contributed by atoms with E-state index in [0.717, 1.165) is 40.0 Å². The summed E-state index contributed by atoms with van der Waals surface area (Å²) in [6, 6.07) is 25.8. The Balaban J connectivity index is 1.35. The predicted molar refractivity (Wildman–Crippen MR) is 194 cm³/mol. The lowest BCUT2D eigenvalue weighted by Gasteiger charge is -2.40. The number of rotatable bonds is 4. The number of hydrogen-bond acceptors (Lipinski definition) is 7. The van der Waals surface area contributed by atoms with Crippen LogP contribution in [0.2, 0.25) is 0 Å². The summed E-state index contributed by atoms with van der Waals surface area (Å²) in [6.07, 6.45) is 3.98. The Hall–Kier alpha value is -4.62. The van der Waals surface area contributed by atoms with Gasteiger partial charge in [0.05, 0.1) is 16.6 Å². The van der Waals surface area contributed by atoms with Crippen molar-refractivity contribution >= 4 is 44.9 Å². The molecule has 0 amide bonds. The fraction of sp³-hybridized carbons (Fsp3) is 0.333. The SMILES string of the molecule is CC1=NC(C)(C)C(C)(C)N1c1ccc(-c2c3ccccc3c(-c3ccc(N4C(C)=NC(C)(C)C4(C)N)nc3)c3ccccc23)cn1. The van der Waals surface area contributed by atoms with Crippen molar-refractivity contribution in [2.75, 3.05) is 9.80 Å². The van der Waals surface area contributed by atoms with E-state index in [4.69, 9.17) is 25.7 Å². The van der Waals surface area contributed by atoms with Gasteiger partial charge in [-0.25, -0.2) is 9.97 Å². The van der Waals surface area contributed by atoms with E-state index < -0.39 is 11.2 Å². The largest absolute Gasteiger partial charge is 0.307 e. The van der Waals surface area contributed by atoms with Gasteiger partial charge in [-0.1, -0.05) is 48.5 Å². The van der Waals surface area contributed by atoms with Crippen LogP contribution in [-0.2, 0) is 0 Å². The molecule has 2 aromatic heterocycles. The molecule has 0 saturated heterocycles. The first kappa shape index (κ1) is 30.1. The number of nitrogens with zero attached hydrogens (tertiary/aromatic N) is 6. The maximum atomic E-state index is 6.83. The first-order valence-electron chi connectivity index (χ1n) is 16.0. The monoisotopic (exact) mass is 609 g/mol. The Labute approximate surface area is 271 Å². The van der Waals surface area contributed by atoms with Gasteiger partial charge in [0.1, 0.15) is 29.0 Å². The first-order valence-corrected chi connectivity index (χ1v) is 16.0. The third-order valence-electron chi connectivity index (χ3n) is 10.8. The van der Waals surface area contributed by atoms with E-state index in [9.17, 15) is 0 Å². The highest BCUT2D eigenvalue weighted by Gasteiger charge is 2.50. The summed E-state index contributed by atoms with van der Waals surface area (Å²) in [6.45, 7) is 19.1. The van der Waals surface area contributed by atoms with Crippen molar-refractivity contribution < 1.29 is 0 Å². The summed E-state index contributed by atoms with van der Waals surface area (Å²) in [7, 11) is 0. The van der Waals surface area contributed by atoms with Crippen molar-refractivity contribution in [2.24, 2.45) is 15.7 Å². The van der Waals surface area contributed by atoms with Gasteiger partial charge >= 0.3 is 0 Å². The molecule has 5 aromatic rings. The lowest BCUT2D eigenvalue weighted by molar-refractivity contribution is 0.319. The number of benzene rings is 3. The topological polar surface area (TPSA) is 83.0 Å². The third kappa shape index (κ3) is 4.21. The van der Waals surface area contributed by atoms with Crippen molar-refractivity contribution in [3.63, 3.8) is 0 Å². The second-order valence-electron chi connectivity index (χ2n) is 14.5. The van der Waals surface area contributed by atoms with Crippen LogP contribution in [0.25, 0.3) is 43.8 Å². The van der Waals surface area contributed by atoms with Crippen LogP contribution in [0.15, 0.2) is 95.2 Å². The molecule has 7 heteroatoms. The average Bonchev–Trinajstić information content (AvgIpc) is 3.27. The Bertz CT molecular complexity index is 1860. The van der Waals surface area contributed by atoms with Crippen molar-refractivity contribution in [3.8, 4) is 22.3 Å². The van der Waals surface area contributed by atoms with Gasteiger partial charge in [-0.2, -0.15) is 0 Å². The molecule has 0 fully saturated rings. The van der Waals surface area contributed by atoms with Crippen LogP contribution in [0.5, 0.6) is 0 Å². The van der Waals surface area contributed by atoms with E-state index >= 15 is 0 Å². The number of aliphatic imine (C=N–C) groups is 2. The number of hydrogen-bond donors (Lipinski definition) is 1. The molecule has 0 aliphatic carbocycles. The zero-order chi connectivity index (χ0) is 32.8. The van der Waals surface area contributed by atoms with E-state index in [-0.39, 0.29) is 11.1 Å². The van der Waals surface area contributed by atoms with E-state index in [0.29, 0.717) is 0 Å². The molecular formula is C39H43N7. The van der Waals surface area contributed by atoms with Gasteiger partial charge < -0.3 is 10.6 Å². The molecule has 46 heavy (non-hydrogen) atoms. The van der Waals surface area contributed by atoms with E-state index in [2.05, 4.69) is 126 Å². The van der Waals surface area contributed by atoms with Crippen LogP contribution < -0.4 is 15.5 Å². The molecule has 2 aliphatic heterocycles. The highest BCUT2D eigenvalue weighted by Crippen LogP contribution is 2.45. The van der Waals surface area contributed by atoms with E-state index in [1.165, 1.54) is 27.1 Å². The van der Waals surface area contributed by atoms with Crippen LogP contribution >= 0.6 is 0 Å². The van der Waals surface area contributed by atoms with Crippen molar-refractivity contribution in [1.82, 2.24) is 9.97 Å². The second-order valence-corrected chi connectivity index (χ2v) is 14.5. The molecule has 0 spiro atoms. The Kier molecular flexibility index (Phi) is 6.49. The minimum absolute atomic E-state index is 0.199. The van der Waals surface area contributed by atoms with Crippen LogP contribution in [0.1, 0.15) is 62.3 Å². The average molecular weight is 610 g/mol. The molecule has 7 rings (SSSR count). The number of aromatic nitrogens is 2. The van der Waals surface area contributed by atoms with Gasteiger partial charge in [0.2, 0.25) is 0 Å². The predicted octanol–water partition coefficient (Wildman–Crippen LogP) is 8.60. The van der Waals surface area contributed by atoms with Gasteiger partial charge in [0, 0.05) is 23.5 Å². The first-order chi connectivity index (χ1) is 21.7. The molecule has 1 atom stereocenters. The fourth-order valence-electron chi connectivity index (χ4n) is 7.39. The third-order valence-corrected chi connectivity index (χ3v) is 10.8. The molecule has 0 saturated carbocycles. The number of pyridine rings is 2. The highest BCUT2D eigenvalue weighted by molar-refractivity contribution is 6.21. The van der Waals surface area contributed by atoms with Crippen LogP contribution in [0, 0.1) is 0 Å². The normalized spacial score (nSPS) is 21.6. The number of fused-ring (bicyclic) bond motifs is 2. The Morgan fingerprint density at radius 1 is 0.522 bits per heavy atom. The summed E-state index contributed by atoms with van der Waals surface area (Å²) in [5.41, 5.74) is 9.76. The maximum absolute atomic E-state index is 6.83. The van der Waals surface area contributed by atoms with E-state index in [1.54, 1.807) is 0 Å². The molecule has 4 heterocycles. The standard InChI is InChI=1S/C39H43N7/c1-24-43-36(3,4)38(7,8)45(24)32-20-18-26(22-41-32)34-28-14-10-12-16-30(28)35(31-17-13-11-15-29(31)34)27-19-21-33(42-23-27)46-25(2)44-37(5,6)39(46,9)40/h10-23H,40H2,1-9H3. The number of anilines is 2. The Morgan fingerprint density at radius 3 is 1.24 bits per heavy atom. The number of amidine groups is 2. The summed E-state index contributed by atoms with van der Waals surface area (Å²) in [5.74, 6) is 3.56. The molecule has 3 aromatic carbocycles. The minimum atomic E-state index is -0.692. The fourth-order valence-corrected chi connectivity index (χ4v) is 7.39. The minimum Gasteiger partial charge on any atom is -0.307 e. The summed E-state index contributed by atoms with van der Waals surface area (Å²) in [5, 5.41) is 4.69. The van der Waals surface area contributed by atoms with E-state index in [1.807, 2.05) is 31.1 Å². The summed E-state index contributed by atoms with van der Waals surface area (Å²) >= 11 is 0. The second kappa shape index (κ2) is 9.94. The van der Waals surface area contributed by atoms with Crippen molar-refractivity contribution in [2.45, 2.75) is 84.6 Å².